The van der Waals surface area contributed by atoms with Crippen molar-refractivity contribution in [2.24, 2.45) is 5.92 Å². The predicted octanol–water partition coefficient (Wildman–Crippen LogP) is 4.70. The summed E-state index contributed by atoms with van der Waals surface area (Å²) in [5.74, 6) is 0.177. The van der Waals surface area contributed by atoms with Gasteiger partial charge in [0.05, 0.1) is 0 Å². The molecule has 32 heavy (non-hydrogen) atoms. The molecule has 7 heteroatoms. The lowest BCUT2D eigenvalue weighted by Crippen LogP contribution is -2.46. The van der Waals surface area contributed by atoms with E-state index in [4.69, 9.17) is 11.6 Å². The molecule has 1 fully saturated rings. The number of nitrogens with zero attached hydrogens (tertiary/aromatic N) is 3. The van der Waals surface area contributed by atoms with Gasteiger partial charge in [-0.05, 0) is 80.3 Å². The maximum absolute atomic E-state index is 13.4. The van der Waals surface area contributed by atoms with Crippen LogP contribution in [0.5, 0.6) is 5.75 Å². The SMILES string of the molecule is CCCN(CC1CCN(C(=O)c2ccc(F)c(Cl)n2)CC1)C1CCc2c(O)cccc2C1. The minimum absolute atomic E-state index is 0.181. The molecule has 1 saturated heterocycles. The molecule has 0 radical (unpaired) electrons. The molecule has 0 spiro atoms. The first-order chi connectivity index (χ1) is 15.5. The van der Waals surface area contributed by atoms with Crippen molar-refractivity contribution >= 4 is 17.5 Å². The summed E-state index contributed by atoms with van der Waals surface area (Å²) >= 11 is 5.74. The maximum atomic E-state index is 13.4. The first kappa shape index (κ1) is 23.0. The number of phenols is 1. The Morgan fingerprint density at radius 1 is 1.25 bits per heavy atom. The third-order valence-electron chi connectivity index (χ3n) is 6.88. The smallest absolute Gasteiger partial charge is 0.272 e. The fourth-order valence-corrected chi connectivity index (χ4v) is 5.29. The molecule has 1 aliphatic heterocycles. The average Bonchev–Trinajstić information content (AvgIpc) is 2.80. The van der Waals surface area contributed by atoms with Crippen LogP contribution in [0, 0.1) is 11.7 Å². The van der Waals surface area contributed by atoms with E-state index in [1.165, 1.54) is 17.7 Å². The molecule has 0 saturated carbocycles. The Balaban J connectivity index is 1.34. The molecule has 1 aromatic heterocycles. The lowest BCUT2D eigenvalue weighted by molar-refractivity contribution is 0.0636. The number of hydrogen-bond donors (Lipinski definition) is 1. The number of aromatic hydroxyl groups is 1. The summed E-state index contributed by atoms with van der Waals surface area (Å²) in [6.45, 7) is 5.69. The van der Waals surface area contributed by atoms with Crippen molar-refractivity contribution in [1.29, 1.82) is 0 Å². The Kier molecular flexibility index (Phi) is 7.31. The number of hydrogen-bond acceptors (Lipinski definition) is 4. The highest BCUT2D eigenvalue weighted by atomic mass is 35.5. The number of aromatic nitrogens is 1. The van der Waals surface area contributed by atoms with E-state index in [-0.39, 0.29) is 16.8 Å². The van der Waals surface area contributed by atoms with Crippen molar-refractivity contribution < 1.29 is 14.3 Å². The van der Waals surface area contributed by atoms with Gasteiger partial charge in [-0.1, -0.05) is 30.7 Å². The van der Waals surface area contributed by atoms with Crippen molar-refractivity contribution in [3.05, 3.63) is 58.1 Å². The van der Waals surface area contributed by atoms with Gasteiger partial charge in [-0.15, -0.1) is 0 Å². The van der Waals surface area contributed by atoms with E-state index >= 15 is 0 Å². The number of carbonyl (C=O) groups is 1. The number of rotatable bonds is 6. The summed E-state index contributed by atoms with van der Waals surface area (Å²) in [6.07, 6.45) is 5.98. The van der Waals surface area contributed by atoms with E-state index in [9.17, 15) is 14.3 Å². The first-order valence-corrected chi connectivity index (χ1v) is 12.0. The zero-order valence-electron chi connectivity index (χ0n) is 18.6. The van der Waals surface area contributed by atoms with Crippen molar-refractivity contribution in [1.82, 2.24) is 14.8 Å². The van der Waals surface area contributed by atoms with Gasteiger partial charge in [0.2, 0.25) is 0 Å². The van der Waals surface area contributed by atoms with E-state index in [1.807, 2.05) is 6.07 Å². The molecule has 1 aromatic carbocycles. The van der Waals surface area contributed by atoms with Gasteiger partial charge >= 0.3 is 0 Å². The monoisotopic (exact) mass is 459 g/mol. The van der Waals surface area contributed by atoms with Crippen LogP contribution in [0.15, 0.2) is 30.3 Å². The summed E-state index contributed by atoms with van der Waals surface area (Å²) in [5, 5.41) is 9.89. The molecule has 2 heterocycles. The molecular formula is C25H31ClFN3O2. The quantitative estimate of drug-likeness (QED) is 0.636. The third-order valence-corrected chi connectivity index (χ3v) is 7.14. The number of carbonyl (C=O) groups excluding carboxylic acids is 1. The number of phenolic OH excluding ortho intramolecular Hbond substituents is 1. The number of pyridine rings is 1. The van der Waals surface area contributed by atoms with Gasteiger partial charge in [-0.3, -0.25) is 9.69 Å². The Hall–Kier alpha value is -2.18. The van der Waals surface area contributed by atoms with Gasteiger partial charge in [0.15, 0.2) is 11.0 Å². The van der Waals surface area contributed by atoms with Crippen molar-refractivity contribution in [3.8, 4) is 5.75 Å². The highest BCUT2D eigenvalue weighted by molar-refractivity contribution is 6.29. The Morgan fingerprint density at radius 3 is 2.75 bits per heavy atom. The minimum Gasteiger partial charge on any atom is -0.508 e. The number of likely N-dealkylation sites (tertiary alicyclic amines) is 1. The van der Waals surface area contributed by atoms with Gasteiger partial charge in [0.25, 0.3) is 5.91 Å². The third kappa shape index (κ3) is 5.07. The van der Waals surface area contributed by atoms with Gasteiger partial charge < -0.3 is 10.0 Å². The van der Waals surface area contributed by atoms with Crippen LogP contribution in [0.4, 0.5) is 4.39 Å². The van der Waals surface area contributed by atoms with Gasteiger partial charge in [-0.2, -0.15) is 0 Å². The van der Waals surface area contributed by atoms with Crippen LogP contribution < -0.4 is 0 Å². The number of amides is 1. The maximum Gasteiger partial charge on any atom is 0.272 e. The second-order valence-corrected chi connectivity index (χ2v) is 9.37. The van der Waals surface area contributed by atoms with Crippen molar-refractivity contribution in [2.45, 2.75) is 51.5 Å². The molecular weight excluding hydrogens is 429 g/mol. The van der Waals surface area contributed by atoms with Crippen LogP contribution in [0.1, 0.15) is 54.2 Å². The summed E-state index contributed by atoms with van der Waals surface area (Å²) in [7, 11) is 0. The normalized spacial score (nSPS) is 19.2. The van der Waals surface area contributed by atoms with Crippen LogP contribution >= 0.6 is 11.6 Å². The Labute approximate surface area is 194 Å². The van der Waals surface area contributed by atoms with Gasteiger partial charge in [-0.25, -0.2) is 9.37 Å². The summed E-state index contributed by atoms with van der Waals surface area (Å²) in [4.78, 5) is 21.1. The van der Waals surface area contributed by atoms with Crippen LogP contribution in [0.2, 0.25) is 5.15 Å². The van der Waals surface area contributed by atoms with Gasteiger partial charge in [0.1, 0.15) is 11.4 Å². The lowest BCUT2D eigenvalue weighted by Gasteiger charge is -2.39. The van der Waals surface area contributed by atoms with Crippen LogP contribution in [0.3, 0.4) is 0 Å². The fraction of sp³-hybridized carbons (Fsp3) is 0.520. The molecule has 5 nitrogen and oxygen atoms in total. The number of fused-ring (bicyclic) bond motifs is 1. The van der Waals surface area contributed by atoms with Crippen LogP contribution in [0.25, 0.3) is 0 Å². The number of benzene rings is 1. The molecule has 2 aliphatic rings. The number of halogens is 2. The zero-order chi connectivity index (χ0) is 22.7. The molecule has 1 N–H and O–H groups in total. The van der Waals surface area contributed by atoms with E-state index in [0.29, 0.717) is 30.8 Å². The molecule has 1 atom stereocenters. The largest absolute Gasteiger partial charge is 0.508 e. The van der Waals surface area contributed by atoms with Crippen LogP contribution in [-0.2, 0) is 12.8 Å². The van der Waals surface area contributed by atoms with E-state index in [2.05, 4.69) is 22.9 Å². The molecule has 172 valence electrons. The molecule has 0 bridgehead atoms. The van der Waals surface area contributed by atoms with Crippen molar-refractivity contribution in [3.63, 3.8) is 0 Å². The first-order valence-electron chi connectivity index (χ1n) is 11.6. The second-order valence-electron chi connectivity index (χ2n) is 9.01. The average molecular weight is 460 g/mol. The lowest BCUT2D eigenvalue weighted by atomic mass is 9.86. The standard InChI is InChI=1S/C25H31ClFN3O2/c1-2-12-30(19-6-7-20-18(15-19)4-3-5-23(20)31)16-17-10-13-29(14-11-17)25(32)22-9-8-21(27)24(26)28-22/h3-5,8-9,17,19,31H,2,6-7,10-16H2,1H3. The molecule has 4 rings (SSSR count). The van der Waals surface area contributed by atoms with Crippen LogP contribution in [-0.4, -0.2) is 58.0 Å². The summed E-state index contributed by atoms with van der Waals surface area (Å²) in [6, 6.07) is 8.96. The second kappa shape index (κ2) is 10.2. The van der Waals surface area contributed by atoms with Gasteiger partial charge in [0, 0.05) is 25.7 Å². The molecule has 1 unspecified atom stereocenters. The molecule has 1 amide bonds. The van der Waals surface area contributed by atoms with E-state index < -0.39 is 5.82 Å². The molecule has 1 aliphatic carbocycles. The summed E-state index contributed by atoms with van der Waals surface area (Å²) in [5.41, 5.74) is 2.58. The fourth-order valence-electron chi connectivity index (χ4n) is 5.14. The number of piperidine rings is 1. The Morgan fingerprint density at radius 2 is 2.03 bits per heavy atom. The minimum atomic E-state index is -0.613. The Bertz CT molecular complexity index is 962. The van der Waals surface area contributed by atoms with Crippen molar-refractivity contribution in [2.75, 3.05) is 26.2 Å². The highest BCUT2D eigenvalue weighted by Crippen LogP contribution is 2.32. The van der Waals surface area contributed by atoms with E-state index in [1.54, 1.807) is 11.0 Å². The predicted molar refractivity (Wildman–Crippen MR) is 124 cm³/mol. The van der Waals surface area contributed by atoms with E-state index in [0.717, 1.165) is 57.2 Å². The summed E-state index contributed by atoms with van der Waals surface area (Å²) < 4.78 is 13.4. The highest BCUT2D eigenvalue weighted by Gasteiger charge is 2.30. The zero-order valence-corrected chi connectivity index (χ0v) is 19.3. The topological polar surface area (TPSA) is 56.7 Å². The molecule has 2 aromatic rings.